The van der Waals surface area contributed by atoms with E-state index in [-0.39, 0.29) is 0 Å². The number of nitrogens with one attached hydrogen (secondary N) is 2. The number of rotatable bonds is 8. The Balaban J connectivity index is 5.39. The number of hydrogen-bond donors (Lipinski definition) is 2. The van der Waals surface area contributed by atoms with Crippen LogP contribution in [0.3, 0.4) is 0 Å². The molecule has 0 radical (unpaired) electrons. The van der Waals surface area contributed by atoms with E-state index in [4.69, 9.17) is 0 Å². The Labute approximate surface area is 115 Å². The zero-order valence-corrected chi connectivity index (χ0v) is 10.6. The summed E-state index contributed by atoms with van der Waals surface area (Å²) in [7, 11) is 0. The maximum Gasteiger partial charge on any atom is 0.393 e. The van der Waals surface area contributed by atoms with E-state index in [0.717, 1.165) is 12.2 Å². The quantitative estimate of drug-likeness (QED) is 0.526. The van der Waals surface area contributed by atoms with Crippen LogP contribution in [0.4, 0.5) is 26.3 Å². The summed E-state index contributed by atoms with van der Waals surface area (Å²) in [6.07, 6.45) is 1.75. The van der Waals surface area contributed by atoms with Gasteiger partial charge in [-0.05, 0) is 0 Å². The summed E-state index contributed by atoms with van der Waals surface area (Å²) in [5, 5.41) is 2.53. The van der Waals surface area contributed by atoms with Crippen molar-refractivity contribution in [1.82, 2.24) is 10.6 Å². The first-order chi connectivity index (χ1) is 9.46. The van der Waals surface area contributed by atoms with Gasteiger partial charge >= 0.3 is 17.8 Å². The van der Waals surface area contributed by atoms with Gasteiger partial charge in [-0.3, -0.25) is 9.59 Å². The molecule has 0 bridgehead atoms. The fourth-order valence-electron chi connectivity index (χ4n) is 1.03. The normalized spacial score (nSPS) is 12.5. The molecule has 21 heavy (non-hydrogen) atoms. The summed E-state index contributed by atoms with van der Waals surface area (Å²) in [6, 6.07) is 0. The first kappa shape index (κ1) is 19.0. The van der Waals surface area contributed by atoms with E-state index in [2.05, 4.69) is 13.2 Å². The molecule has 2 amide bonds. The zero-order valence-electron chi connectivity index (χ0n) is 10.6. The van der Waals surface area contributed by atoms with Gasteiger partial charge < -0.3 is 10.6 Å². The van der Waals surface area contributed by atoms with Crippen molar-refractivity contribution in [2.24, 2.45) is 0 Å². The van der Waals surface area contributed by atoms with Gasteiger partial charge in [0, 0.05) is 13.1 Å². The molecular formula is C11H12F6N2O2. The van der Waals surface area contributed by atoms with Crippen molar-refractivity contribution in [1.29, 1.82) is 0 Å². The lowest BCUT2D eigenvalue weighted by atomic mass is 10.0. The van der Waals surface area contributed by atoms with Crippen molar-refractivity contribution in [2.45, 2.75) is 17.8 Å². The van der Waals surface area contributed by atoms with E-state index < -0.39 is 42.7 Å². The summed E-state index contributed by atoms with van der Waals surface area (Å²) in [4.78, 5) is 21.8. The second-order valence-electron chi connectivity index (χ2n) is 3.72. The maximum atomic E-state index is 13.3. The SMILES string of the molecule is C=CCNC(=O)C(F)(F)C(F)(F)C(F)(F)C(=O)NCC=C. The van der Waals surface area contributed by atoms with E-state index in [1.807, 2.05) is 0 Å². The summed E-state index contributed by atoms with van der Waals surface area (Å²) in [6.45, 7) is 4.76. The molecule has 0 aromatic carbocycles. The van der Waals surface area contributed by atoms with Crippen LogP contribution in [0.25, 0.3) is 0 Å². The third-order valence-electron chi connectivity index (χ3n) is 2.17. The molecule has 0 saturated heterocycles. The molecule has 4 nitrogen and oxygen atoms in total. The minimum absolute atomic E-state index is 0.640. The minimum Gasteiger partial charge on any atom is -0.347 e. The molecule has 0 aromatic heterocycles. The van der Waals surface area contributed by atoms with E-state index in [0.29, 0.717) is 0 Å². The zero-order chi connectivity index (χ0) is 16.9. The van der Waals surface area contributed by atoms with E-state index in [1.165, 1.54) is 10.6 Å². The Hall–Kier alpha value is -2.00. The van der Waals surface area contributed by atoms with Crippen LogP contribution >= 0.6 is 0 Å². The smallest absolute Gasteiger partial charge is 0.347 e. The van der Waals surface area contributed by atoms with Gasteiger partial charge in [-0.25, -0.2) is 0 Å². The molecule has 0 aliphatic carbocycles. The molecule has 0 atom stereocenters. The fourth-order valence-corrected chi connectivity index (χ4v) is 1.03. The van der Waals surface area contributed by atoms with Gasteiger partial charge in [0.2, 0.25) is 0 Å². The first-order valence-corrected chi connectivity index (χ1v) is 5.38. The van der Waals surface area contributed by atoms with Gasteiger partial charge in [-0.15, -0.1) is 13.2 Å². The summed E-state index contributed by atoms with van der Waals surface area (Å²) in [5.74, 6) is -23.1. The molecule has 120 valence electrons. The second-order valence-corrected chi connectivity index (χ2v) is 3.72. The Morgan fingerprint density at radius 2 is 1.10 bits per heavy atom. The van der Waals surface area contributed by atoms with Crippen molar-refractivity contribution in [2.75, 3.05) is 13.1 Å². The second kappa shape index (κ2) is 6.64. The molecule has 2 N–H and O–H groups in total. The summed E-state index contributed by atoms with van der Waals surface area (Å²) >= 11 is 0. The van der Waals surface area contributed by atoms with Gasteiger partial charge in [-0.1, -0.05) is 12.2 Å². The van der Waals surface area contributed by atoms with Crippen LogP contribution in [0.1, 0.15) is 0 Å². The van der Waals surface area contributed by atoms with Gasteiger partial charge in [-0.2, -0.15) is 26.3 Å². The molecule has 0 unspecified atom stereocenters. The standard InChI is InChI=1S/C11H12F6N2O2/c1-3-5-18-7(20)9(12,13)11(16,17)10(14,15)8(21)19-6-4-2/h3-4H,1-2,5-6H2,(H,18,20)(H,19,21). The number of alkyl halides is 6. The highest BCUT2D eigenvalue weighted by atomic mass is 19.3. The Bertz CT molecular complexity index is 398. The lowest BCUT2D eigenvalue weighted by molar-refractivity contribution is -0.287. The predicted octanol–water partition coefficient (Wildman–Crippen LogP) is 1.50. The Morgan fingerprint density at radius 3 is 1.33 bits per heavy atom. The van der Waals surface area contributed by atoms with Crippen molar-refractivity contribution >= 4 is 11.8 Å². The molecule has 0 heterocycles. The van der Waals surface area contributed by atoms with Crippen LogP contribution in [-0.4, -0.2) is 42.7 Å². The van der Waals surface area contributed by atoms with E-state index in [1.54, 1.807) is 0 Å². The number of carbonyl (C=O) groups is 2. The van der Waals surface area contributed by atoms with Crippen LogP contribution in [0, 0.1) is 0 Å². The summed E-state index contributed by atoms with van der Waals surface area (Å²) < 4.78 is 79.4. The lowest BCUT2D eigenvalue weighted by Crippen LogP contribution is -2.65. The molecule has 0 fully saturated rings. The molecule has 0 aliphatic heterocycles. The minimum atomic E-state index is -6.23. The van der Waals surface area contributed by atoms with Crippen molar-refractivity contribution in [3.63, 3.8) is 0 Å². The van der Waals surface area contributed by atoms with Gasteiger partial charge in [0.05, 0.1) is 0 Å². The topological polar surface area (TPSA) is 58.2 Å². The van der Waals surface area contributed by atoms with Crippen molar-refractivity contribution in [3.05, 3.63) is 25.3 Å². The first-order valence-electron chi connectivity index (χ1n) is 5.38. The number of hydrogen-bond acceptors (Lipinski definition) is 2. The van der Waals surface area contributed by atoms with Gasteiger partial charge in [0.25, 0.3) is 11.8 Å². The van der Waals surface area contributed by atoms with Gasteiger partial charge in [0.1, 0.15) is 0 Å². The molecule has 0 aromatic rings. The van der Waals surface area contributed by atoms with Crippen LogP contribution < -0.4 is 10.6 Å². The highest BCUT2D eigenvalue weighted by Gasteiger charge is 2.77. The molecular weight excluding hydrogens is 306 g/mol. The van der Waals surface area contributed by atoms with Crippen molar-refractivity contribution in [3.8, 4) is 0 Å². The van der Waals surface area contributed by atoms with Crippen LogP contribution in [0.5, 0.6) is 0 Å². The van der Waals surface area contributed by atoms with E-state index >= 15 is 0 Å². The van der Waals surface area contributed by atoms with Crippen LogP contribution in [0.2, 0.25) is 0 Å². The largest absolute Gasteiger partial charge is 0.393 e. The maximum absolute atomic E-state index is 13.3. The third kappa shape index (κ3) is 3.56. The predicted molar refractivity (Wildman–Crippen MR) is 61.3 cm³/mol. The number of halogens is 6. The van der Waals surface area contributed by atoms with Gasteiger partial charge in [0.15, 0.2) is 0 Å². The van der Waals surface area contributed by atoms with Crippen LogP contribution in [0.15, 0.2) is 25.3 Å². The fraction of sp³-hybridized carbons (Fsp3) is 0.455. The molecule has 0 saturated carbocycles. The molecule has 0 rings (SSSR count). The molecule has 10 heteroatoms. The monoisotopic (exact) mass is 318 g/mol. The average molecular weight is 318 g/mol. The lowest BCUT2D eigenvalue weighted by Gasteiger charge is -2.30. The summed E-state index contributed by atoms with van der Waals surface area (Å²) in [5.41, 5.74) is 0. The average Bonchev–Trinajstić information content (AvgIpc) is 2.41. The Morgan fingerprint density at radius 1 is 0.810 bits per heavy atom. The number of amides is 2. The molecule has 0 spiro atoms. The highest BCUT2D eigenvalue weighted by Crippen LogP contribution is 2.45. The Kier molecular flexibility index (Phi) is 6.00. The third-order valence-corrected chi connectivity index (χ3v) is 2.17. The number of carbonyl (C=O) groups excluding carboxylic acids is 2. The van der Waals surface area contributed by atoms with Crippen molar-refractivity contribution < 1.29 is 35.9 Å². The highest BCUT2D eigenvalue weighted by molar-refractivity contribution is 5.90. The molecule has 0 aliphatic rings. The van der Waals surface area contributed by atoms with E-state index in [9.17, 15) is 35.9 Å². The van der Waals surface area contributed by atoms with Crippen LogP contribution in [-0.2, 0) is 9.59 Å².